The molecule has 1 aliphatic heterocycles. The van der Waals surface area contributed by atoms with E-state index in [4.69, 9.17) is 0 Å². The Kier molecular flexibility index (Phi) is 3.77. The van der Waals surface area contributed by atoms with E-state index in [0.717, 1.165) is 0 Å². The molecule has 1 aromatic carbocycles. The van der Waals surface area contributed by atoms with Gasteiger partial charge in [-0.2, -0.15) is 0 Å². The first-order chi connectivity index (χ1) is 7.75. The van der Waals surface area contributed by atoms with Gasteiger partial charge in [-0.3, -0.25) is 4.99 Å². The Morgan fingerprint density at radius 3 is 2.81 bits per heavy atom. The minimum atomic E-state index is -2.33. The molecule has 5 heteroatoms. The monoisotopic (exact) mass is 242 g/mol. The number of nitrogens with one attached hydrogen (secondary N) is 1. The average Bonchev–Trinajstić information content (AvgIpc) is 2.76. The van der Waals surface area contributed by atoms with Gasteiger partial charge < -0.3 is 5.32 Å². The standard InChI is InChI=1S/C11H12F2N2S/c12-10(13)7-15-11-14-6-9(16-11)8-4-2-1-3-5-8/h1-5,9-10H,6-7H2,(H,14,15). The molecule has 0 aliphatic carbocycles. The summed E-state index contributed by atoms with van der Waals surface area (Å²) in [7, 11) is 0. The molecule has 1 unspecified atom stereocenters. The van der Waals surface area contributed by atoms with Crippen LogP contribution in [0.1, 0.15) is 10.8 Å². The van der Waals surface area contributed by atoms with Gasteiger partial charge in [-0.05, 0) is 5.56 Å². The summed E-state index contributed by atoms with van der Waals surface area (Å²) in [5.74, 6) is 0. The van der Waals surface area contributed by atoms with Crippen LogP contribution < -0.4 is 5.32 Å². The third kappa shape index (κ3) is 2.95. The summed E-state index contributed by atoms with van der Waals surface area (Å²) in [6.07, 6.45) is -2.33. The summed E-state index contributed by atoms with van der Waals surface area (Å²) in [5, 5.41) is 3.51. The van der Waals surface area contributed by atoms with Gasteiger partial charge in [0.25, 0.3) is 6.43 Å². The maximum absolute atomic E-state index is 12.0. The number of thioether (sulfide) groups is 1. The van der Waals surface area contributed by atoms with Crippen molar-refractivity contribution in [1.29, 1.82) is 0 Å². The van der Waals surface area contributed by atoms with Crippen molar-refractivity contribution < 1.29 is 8.78 Å². The minimum Gasteiger partial charge on any atom is -0.359 e. The highest BCUT2D eigenvalue weighted by Crippen LogP contribution is 2.34. The average molecular weight is 242 g/mol. The number of aliphatic imine (C=N–C) groups is 1. The van der Waals surface area contributed by atoms with Crippen molar-refractivity contribution in [1.82, 2.24) is 5.32 Å². The first kappa shape index (κ1) is 11.4. The van der Waals surface area contributed by atoms with E-state index in [-0.39, 0.29) is 11.8 Å². The number of nitrogens with zero attached hydrogens (tertiary/aromatic N) is 1. The smallest absolute Gasteiger partial charge is 0.255 e. The van der Waals surface area contributed by atoms with Crippen molar-refractivity contribution in [2.45, 2.75) is 11.7 Å². The lowest BCUT2D eigenvalue weighted by Gasteiger charge is -2.08. The van der Waals surface area contributed by atoms with Crippen LogP contribution >= 0.6 is 11.8 Å². The maximum Gasteiger partial charge on any atom is 0.255 e. The van der Waals surface area contributed by atoms with Gasteiger partial charge in [0.2, 0.25) is 0 Å². The topological polar surface area (TPSA) is 24.4 Å². The molecule has 1 heterocycles. The fraction of sp³-hybridized carbons (Fsp3) is 0.364. The molecule has 0 radical (unpaired) electrons. The zero-order valence-corrected chi connectivity index (χ0v) is 9.38. The summed E-state index contributed by atoms with van der Waals surface area (Å²) >= 11 is 1.51. The highest BCUT2D eigenvalue weighted by atomic mass is 32.2. The van der Waals surface area contributed by atoms with Gasteiger partial charge in [0.1, 0.15) is 0 Å². The first-order valence-corrected chi connectivity index (χ1v) is 5.92. The summed E-state index contributed by atoms with van der Waals surface area (Å²) in [6.45, 7) is 0.327. The predicted octanol–water partition coefficient (Wildman–Crippen LogP) is 2.69. The van der Waals surface area contributed by atoms with Gasteiger partial charge in [-0.15, -0.1) is 0 Å². The predicted molar refractivity (Wildman–Crippen MR) is 63.1 cm³/mol. The van der Waals surface area contributed by atoms with Gasteiger partial charge in [-0.25, -0.2) is 8.78 Å². The van der Waals surface area contributed by atoms with Gasteiger partial charge in [0.05, 0.1) is 18.3 Å². The number of benzene rings is 1. The second-order valence-electron chi connectivity index (χ2n) is 3.44. The highest BCUT2D eigenvalue weighted by Gasteiger charge is 2.21. The van der Waals surface area contributed by atoms with Crippen molar-refractivity contribution in [2.75, 3.05) is 13.1 Å². The summed E-state index contributed by atoms with van der Waals surface area (Å²) in [4.78, 5) is 4.20. The lowest BCUT2D eigenvalue weighted by Crippen LogP contribution is -2.25. The Labute approximate surface area is 97.1 Å². The molecule has 0 amide bonds. The molecule has 16 heavy (non-hydrogen) atoms. The van der Waals surface area contributed by atoms with Crippen LogP contribution in [0, 0.1) is 0 Å². The number of amidine groups is 1. The number of alkyl halides is 2. The summed E-state index contributed by atoms with van der Waals surface area (Å²) in [5.41, 5.74) is 1.19. The molecule has 86 valence electrons. The second-order valence-corrected chi connectivity index (χ2v) is 4.63. The molecule has 0 aromatic heterocycles. The van der Waals surface area contributed by atoms with Gasteiger partial charge in [0, 0.05) is 0 Å². The largest absolute Gasteiger partial charge is 0.359 e. The van der Waals surface area contributed by atoms with E-state index in [9.17, 15) is 8.78 Å². The van der Waals surface area contributed by atoms with Gasteiger partial charge >= 0.3 is 0 Å². The van der Waals surface area contributed by atoms with Gasteiger partial charge in [-0.1, -0.05) is 42.1 Å². The molecule has 1 atom stereocenters. The third-order valence-corrected chi connectivity index (χ3v) is 3.44. The Morgan fingerprint density at radius 2 is 2.12 bits per heavy atom. The van der Waals surface area contributed by atoms with Crippen LogP contribution in [0.4, 0.5) is 8.78 Å². The lowest BCUT2D eigenvalue weighted by atomic mass is 10.1. The van der Waals surface area contributed by atoms with E-state index < -0.39 is 6.43 Å². The van der Waals surface area contributed by atoms with Crippen LogP contribution in [-0.4, -0.2) is 24.7 Å². The Bertz CT molecular complexity index is 368. The first-order valence-electron chi connectivity index (χ1n) is 5.04. The number of halogens is 2. The van der Waals surface area contributed by atoms with Crippen LogP contribution in [0.25, 0.3) is 0 Å². The molecule has 1 aromatic rings. The van der Waals surface area contributed by atoms with E-state index in [0.29, 0.717) is 11.7 Å². The third-order valence-electron chi connectivity index (χ3n) is 2.23. The molecule has 1 aliphatic rings. The van der Waals surface area contributed by atoms with E-state index in [1.807, 2.05) is 30.3 Å². The van der Waals surface area contributed by atoms with Crippen molar-refractivity contribution in [3.05, 3.63) is 35.9 Å². The van der Waals surface area contributed by atoms with Crippen molar-refractivity contribution in [3.8, 4) is 0 Å². The summed E-state index contributed by atoms with van der Waals surface area (Å²) < 4.78 is 24.0. The fourth-order valence-electron chi connectivity index (χ4n) is 1.48. The molecule has 0 bridgehead atoms. The molecular weight excluding hydrogens is 230 g/mol. The normalized spacial score (nSPS) is 19.9. The number of rotatable bonds is 3. The minimum absolute atomic E-state index is 0.251. The number of hydrogen-bond donors (Lipinski definition) is 1. The molecular formula is C11H12F2N2S. The SMILES string of the molecule is FC(F)CNC1=NCC(c2ccccc2)S1. The molecule has 1 N–H and O–H groups in total. The Hall–Kier alpha value is -1.10. The fourth-order valence-corrected chi connectivity index (χ4v) is 2.51. The van der Waals surface area contributed by atoms with E-state index >= 15 is 0 Å². The second kappa shape index (κ2) is 5.30. The molecule has 0 spiro atoms. The van der Waals surface area contributed by atoms with Crippen LogP contribution in [-0.2, 0) is 0 Å². The Balaban J connectivity index is 1.87. The number of hydrogen-bond acceptors (Lipinski definition) is 3. The maximum atomic E-state index is 12.0. The van der Waals surface area contributed by atoms with Crippen LogP contribution in [0.15, 0.2) is 35.3 Å². The van der Waals surface area contributed by atoms with Gasteiger partial charge in [0.15, 0.2) is 5.17 Å². The summed E-state index contributed by atoms with van der Waals surface area (Å²) in [6, 6.07) is 9.97. The van der Waals surface area contributed by atoms with Crippen LogP contribution in [0.5, 0.6) is 0 Å². The molecule has 2 rings (SSSR count). The molecule has 0 saturated carbocycles. The lowest BCUT2D eigenvalue weighted by molar-refractivity contribution is 0.152. The molecule has 0 saturated heterocycles. The zero-order chi connectivity index (χ0) is 11.4. The van der Waals surface area contributed by atoms with Crippen LogP contribution in [0.2, 0.25) is 0 Å². The van der Waals surface area contributed by atoms with E-state index in [1.165, 1.54) is 17.3 Å². The van der Waals surface area contributed by atoms with Crippen molar-refractivity contribution in [2.24, 2.45) is 4.99 Å². The van der Waals surface area contributed by atoms with Crippen LogP contribution in [0.3, 0.4) is 0 Å². The molecule has 0 fully saturated rings. The van der Waals surface area contributed by atoms with Crippen molar-refractivity contribution >= 4 is 16.9 Å². The quantitative estimate of drug-likeness (QED) is 0.881. The van der Waals surface area contributed by atoms with E-state index in [1.54, 1.807) is 0 Å². The highest BCUT2D eigenvalue weighted by molar-refractivity contribution is 8.14. The Morgan fingerprint density at radius 1 is 1.38 bits per heavy atom. The van der Waals surface area contributed by atoms with Crippen molar-refractivity contribution in [3.63, 3.8) is 0 Å². The molecule has 2 nitrogen and oxygen atoms in total. The zero-order valence-electron chi connectivity index (χ0n) is 8.57. The van der Waals surface area contributed by atoms with E-state index in [2.05, 4.69) is 10.3 Å².